The number of nitrogens with one attached hydrogen (secondary N) is 2. The summed E-state index contributed by atoms with van der Waals surface area (Å²) in [7, 11) is 1.60. The molecular weight excluding hydrogens is 340 g/mol. The van der Waals surface area contributed by atoms with E-state index in [0.29, 0.717) is 23.6 Å². The number of benzene rings is 2. The molecule has 0 saturated heterocycles. The molecule has 1 aliphatic rings. The lowest BCUT2D eigenvalue weighted by molar-refractivity contribution is 0.0953. The molecule has 1 fully saturated rings. The van der Waals surface area contributed by atoms with Gasteiger partial charge in [-0.05, 0) is 62.4 Å². The molecule has 0 unspecified atom stereocenters. The maximum Gasteiger partial charge on any atom is 0.251 e. The Morgan fingerprint density at radius 3 is 2.56 bits per heavy atom. The molecule has 5 nitrogen and oxygen atoms in total. The van der Waals surface area contributed by atoms with Crippen LogP contribution in [0, 0.1) is 0 Å². The molecule has 1 amide bonds. The molecule has 2 N–H and O–H groups in total. The van der Waals surface area contributed by atoms with Crippen molar-refractivity contribution < 1.29 is 14.3 Å². The van der Waals surface area contributed by atoms with Gasteiger partial charge in [0.15, 0.2) is 11.5 Å². The minimum atomic E-state index is -0.0968. The van der Waals surface area contributed by atoms with Gasteiger partial charge < -0.3 is 20.1 Å². The number of hydrogen-bond donors (Lipinski definition) is 2. The second kappa shape index (κ2) is 9.86. The quantitative estimate of drug-likeness (QED) is 0.650. The summed E-state index contributed by atoms with van der Waals surface area (Å²) in [4.78, 5) is 12.4. The van der Waals surface area contributed by atoms with E-state index in [1.54, 1.807) is 19.2 Å². The van der Waals surface area contributed by atoms with Gasteiger partial charge in [0.05, 0.1) is 13.2 Å². The summed E-state index contributed by atoms with van der Waals surface area (Å²) in [5, 5.41) is 6.28. The molecule has 0 spiro atoms. The van der Waals surface area contributed by atoms with Gasteiger partial charge in [0.1, 0.15) is 0 Å². The summed E-state index contributed by atoms with van der Waals surface area (Å²) in [6, 6.07) is 15.4. The van der Waals surface area contributed by atoms with Gasteiger partial charge in [0, 0.05) is 24.3 Å². The van der Waals surface area contributed by atoms with Crippen LogP contribution < -0.4 is 20.1 Å². The fraction of sp³-hybridized carbons (Fsp3) is 0.409. The first kappa shape index (κ1) is 19.1. The fourth-order valence-electron chi connectivity index (χ4n) is 3.27. The Hall–Kier alpha value is -2.69. The highest BCUT2D eigenvalue weighted by molar-refractivity contribution is 5.94. The predicted octanol–water partition coefficient (Wildman–Crippen LogP) is 4.25. The Bertz CT molecular complexity index is 728. The Morgan fingerprint density at radius 1 is 1.04 bits per heavy atom. The van der Waals surface area contributed by atoms with Gasteiger partial charge in [-0.1, -0.05) is 18.2 Å². The van der Waals surface area contributed by atoms with E-state index in [1.165, 1.54) is 12.8 Å². The normalized spacial score (nSPS) is 14.0. The van der Waals surface area contributed by atoms with Gasteiger partial charge in [-0.2, -0.15) is 0 Å². The molecule has 0 aromatic heterocycles. The SMILES string of the molecule is COc1cc(C(=O)NCCCNc2ccccc2)ccc1OC1CCCC1. The summed E-state index contributed by atoms with van der Waals surface area (Å²) in [5.41, 5.74) is 1.67. The van der Waals surface area contributed by atoms with Crippen molar-refractivity contribution in [3.8, 4) is 11.5 Å². The van der Waals surface area contributed by atoms with Crippen molar-refractivity contribution in [1.29, 1.82) is 0 Å². The summed E-state index contributed by atoms with van der Waals surface area (Å²) in [6.45, 7) is 1.42. The molecule has 2 aromatic rings. The van der Waals surface area contributed by atoms with Crippen molar-refractivity contribution in [2.75, 3.05) is 25.5 Å². The molecule has 0 bridgehead atoms. The van der Waals surface area contributed by atoms with Crippen LogP contribution >= 0.6 is 0 Å². The number of anilines is 1. The van der Waals surface area contributed by atoms with Crippen LogP contribution in [-0.2, 0) is 0 Å². The topological polar surface area (TPSA) is 59.6 Å². The molecule has 0 radical (unpaired) electrons. The molecule has 1 saturated carbocycles. The second-order valence-electron chi connectivity index (χ2n) is 6.79. The smallest absolute Gasteiger partial charge is 0.251 e. The number of hydrogen-bond acceptors (Lipinski definition) is 4. The van der Waals surface area contributed by atoms with Crippen molar-refractivity contribution in [3.63, 3.8) is 0 Å². The third-order valence-electron chi connectivity index (χ3n) is 4.76. The highest BCUT2D eigenvalue weighted by Crippen LogP contribution is 2.32. The molecule has 0 heterocycles. The largest absolute Gasteiger partial charge is 0.493 e. The minimum absolute atomic E-state index is 0.0968. The molecule has 2 aromatic carbocycles. The lowest BCUT2D eigenvalue weighted by atomic mass is 10.2. The summed E-state index contributed by atoms with van der Waals surface area (Å²) in [5.74, 6) is 1.23. The summed E-state index contributed by atoms with van der Waals surface area (Å²) in [6.07, 6.45) is 5.71. The minimum Gasteiger partial charge on any atom is -0.493 e. The predicted molar refractivity (Wildman–Crippen MR) is 108 cm³/mol. The van der Waals surface area contributed by atoms with E-state index in [1.807, 2.05) is 36.4 Å². The molecular formula is C22H28N2O3. The summed E-state index contributed by atoms with van der Waals surface area (Å²) < 4.78 is 11.4. The molecule has 3 rings (SSSR count). The zero-order chi connectivity index (χ0) is 18.9. The van der Waals surface area contributed by atoms with E-state index in [0.717, 1.165) is 31.5 Å². The lowest BCUT2D eigenvalue weighted by Crippen LogP contribution is -2.25. The second-order valence-corrected chi connectivity index (χ2v) is 6.79. The maximum atomic E-state index is 12.4. The number of carbonyl (C=O) groups is 1. The summed E-state index contributed by atoms with van der Waals surface area (Å²) >= 11 is 0. The Morgan fingerprint density at radius 2 is 1.81 bits per heavy atom. The zero-order valence-corrected chi connectivity index (χ0v) is 15.9. The van der Waals surface area contributed by atoms with Crippen molar-refractivity contribution in [1.82, 2.24) is 5.32 Å². The number of methoxy groups -OCH3 is 1. The molecule has 0 aliphatic heterocycles. The average Bonchev–Trinajstić information content (AvgIpc) is 3.22. The van der Waals surface area contributed by atoms with E-state index < -0.39 is 0 Å². The van der Waals surface area contributed by atoms with Gasteiger partial charge in [-0.15, -0.1) is 0 Å². The van der Waals surface area contributed by atoms with Gasteiger partial charge in [0.2, 0.25) is 0 Å². The van der Waals surface area contributed by atoms with Crippen LogP contribution in [0.4, 0.5) is 5.69 Å². The van der Waals surface area contributed by atoms with Crippen LogP contribution in [0.2, 0.25) is 0 Å². The number of rotatable bonds is 9. The molecule has 144 valence electrons. The van der Waals surface area contributed by atoms with Crippen molar-refractivity contribution in [3.05, 3.63) is 54.1 Å². The monoisotopic (exact) mass is 368 g/mol. The van der Waals surface area contributed by atoms with Crippen LogP contribution in [0.3, 0.4) is 0 Å². The van der Waals surface area contributed by atoms with Gasteiger partial charge in [-0.3, -0.25) is 4.79 Å². The van der Waals surface area contributed by atoms with Crippen LogP contribution in [0.1, 0.15) is 42.5 Å². The number of carbonyl (C=O) groups excluding carboxylic acids is 1. The van der Waals surface area contributed by atoms with Crippen LogP contribution in [0.5, 0.6) is 11.5 Å². The Balaban J connectivity index is 1.46. The molecule has 5 heteroatoms. The van der Waals surface area contributed by atoms with Crippen molar-refractivity contribution >= 4 is 11.6 Å². The van der Waals surface area contributed by atoms with E-state index in [-0.39, 0.29) is 12.0 Å². The number of amides is 1. The third-order valence-corrected chi connectivity index (χ3v) is 4.76. The van der Waals surface area contributed by atoms with Gasteiger partial charge in [-0.25, -0.2) is 0 Å². The molecule has 0 atom stereocenters. The third kappa shape index (κ3) is 5.64. The van der Waals surface area contributed by atoms with Gasteiger partial charge in [0.25, 0.3) is 5.91 Å². The van der Waals surface area contributed by atoms with Crippen LogP contribution in [-0.4, -0.2) is 32.2 Å². The maximum absolute atomic E-state index is 12.4. The highest BCUT2D eigenvalue weighted by Gasteiger charge is 2.19. The Kier molecular flexibility index (Phi) is 6.97. The highest BCUT2D eigenvalue weighted by atomic mass is 16.5. The average molecular weight is 368 g/mol. The first-order valence-electron chi connectivity index (χ1n) is 9.68. The van der Waals surface area contributed by atoms with E-state index in [4.69, 9.17) is 9.47 Å². The first-order valence-corrected chi connectivity index (χ1v) is 9.68. The lowest BCUT2D eigenvalue weighted by Gasteiger charge is -2.16. The zero-order valence-electron chi connectivity index (χ0n) is 15.9. The van der Waals surface area contributed by atoms with Crippen molar-refractivity contribution in [2.45, 2.75) is 38.2 Å². The van der Waals surface area contributed by atoms with Gasteiger partial charge >= 0.3 is 0 Å². The first-order chi connectivity index (χ1) is 13.3. The van der Waals surface area contributed by atoms with E-state index in [9.17, 15) is 4.79 Å². The molecule has 1 aliphatic carbocycles. The standard InChI is InChI=1S/C22H28N2O3/c1-26-21-16-17(12-13-20(21)27-19-10-5-6-11-19)22(25)24-15-7-14-23-18-8-3-2-4-9-18/h2-4,8-9,12-13,16,19,23H,5-7,10-11,14-15H2,1H3,(H,24,25). The fourth-order valence-corrected chi connectivity index (χ4v) is 3.27. The van der Waals surface area contributed by atoms with E-state index in [2.05, 4.69) is 10.6 Å². The Labute approximate surface area is 161 Å². The van der Waals surface area contributed by atoms with E-state index >= 15 is 0 Å². The van der Waals surface area contributed by atoms with Crippen molar-refractivity contribution in [2.24, 2.45) is 0 Å². The van der Waals surface area contributed by atoms with Crippen LogP contribution in [0.15, 0.2) is 48.5 Å². The van der Waals surface area contributed by atoms with Crippen LogP contribution in [0.25, 0.3) is 0 Å². The number of para-hydroxylation sites is 1. The number of ether oxygens (including phenoxy) is 2. The molecule has 27 heavy (non-hydrogen) atoms.